The molecule has 7 heteroatoms. The van der Waals surface area contributed by atoms with Crippen molar-refractivity contribution in [1.82, 2.24) is 20.2 Å². The number of nitrogens with zero attached hydrogens (tertiary/aromatic N) is 2. The van der Waals surface area contributed by atoms with Crippen LogP contribution in [-0.2, 0) is 4.79 Å². The van der Waals surface area contributed by atoms with Gasteiger partial charge in [0.15, 0.2) is 0 Å². The molecule has 0 aliphatic heterocycles. The van der Waals surface area contributed by atoms with Crippen molar-refractivity contribution in [1.29, 1.82) is 0 Å². The Hall–Kier alpha value is -2.57. The third-order valence-corrected chi connectivity index (χ3v) is 3.45. The topological polar surface area (TPSA) is 84.7 Å². The number of carbonyl (C=O) groups is 2. The Labute approximate surface area is 128 Å². The first-order valence-corrected chi connectivity index (χ1v) is 7.02. The van der Waals surface area contributed by atoms with Gasteiger partial charge in [0.1, 0.15) is 17.3 Å². The Morgan fingerprint density at radius 3 is 2.68 bits per heavy atom. The number of likely N-dealkylation sites (N-methyl/N-ethyl adjacent to an activating group) is 1. The standard InChI is InChI=1S/C15H20N4O3/c1-9(2)12(15(21)16-3)18-14(20)10-8-17-19-7-5-6-11(22-4)13(10)19/h5-9,12H,1-4H3,(H,16,21)(H,18,20)/t12-/m0/s1. The van der Waals surface area contributed by atoms with Gasteiger partial charge in [-0.2, -0.15) is 5.10 Å². The molecule has 2 aromatic heterocycles. The van der Waals surface area contributed by atoms with Gasteiger partial charge >= 0.3 is 0 Å². The molecule has 2 amide bonds. The summed E-state index contributed by atoms with van der Waals surface area (Å²) in [4.78, 5) is 24.4. The number of hydrogen-bond acceptors (Lipinski definition) is 4. The summed E-state index contributed by atoms with van der Waals surface area (Å²) in [6.45, 7) is 3.74. The lowest BCUT2D eigenvalue weighted by Gasteiger charge is -2.20. The van der Waals surface area contributed by atoms with E-state index in [1.807, 2.05) is 13.8 Å². The maximum absolute atomic E-state index is 12.5. The second-order valence-corrected chi connectivity index (χ2v) is 5.24. The number of methoxy groups -OCH3 is 1. The molecule has 1 atom stereocenters. The summed E-state index contributed by atoms with van der Waals surface area (Å²) in [6, 6.07) is 2.93. The van der Waals surface area contributed by atoms with Crippen molar-refractivity contribution in [3.05, 3.63) is 30.1 Å². The lowest BCUT2D eigenvalue weighted by atomic mass is 10.0. The molecule has 0 saturated heterocycles. The summed E-state index contributed by atoms with van der Waals surface area (Å²) in [7, 11) is 3.08. The predicted molar refractivity (Wildman–Crippen MR) is 81.9 cm³/mol. The van der Waals surface area contributed by atoms with E-state index < -0.39 is 6.04 Å². The molecule has 2 rings (SSSR count). The van der Waals surface area contributed by atoms with Gasteiger partial charge in [-0.1, -0.05) is 13.8 Å². The maximum Gasteiger partial charge on any atom is 0.255 e. The van der Waals surface area contributed by atoms with Gasteiger partial charge in [0.25, 0.3) is 5.91 Å². The van der Waals surface area contributed by atoms with Crippen LogP contribution in [0.15, 0.2) is 24.5 Å². The predicted octanol–water partition coefficient (Wildman–Crippen LogP) is 0.843. The van der Waals surface area contributed by atoms with E-state index in [0.717, 1.165) is 0 Å². The highest BCUT2D eigenvalue weighted by Crippen LogP contribution is 2.22. The van der Waals surface area contributed by atoms with Gasteiger partial charge < -0.3 is 15.4 Å². The van der Waals surface area contributed by atoms with Gasteiger partial charge in [-0.25, -0.2) is 4.52 Å². The van der Waals surface area contributed by atoms with Crippen LogP contribution in [0.4, 0.5) is 0 Å². The van der Waals surface area contributed by atoms with E-state index in [1.54, 1.807) is 29.9 Å². The molecule has 7 nitrogen and oxygen atoms in total. The summed E-state index contributed by atoms with van der Waals surface area (Å²) >= 11 is 0. The number of nitrogens with one attached hydrogen (secondary N) is 2. The fourth-order valence-corrected chi connectivity index (χ4v) is 2.25. The van der Waals surface area contributed by atoms with Crippen molar-refractivity contribution in [3.8, 4) is 5.75 Å². The third kappa shape index (κ3) is 2.88. The number of ether oxygens (including phenoxy) is 1. The van der Waals surface area contributed by atoms with Gasteiger partial charge in [-0.15, -0.1) is 0 Å². The Balaban J connectivity index is 2.35. The zero-order chi connectivity index (χ0) is 16.3. The van der Waals surface area contributed by atoms with Crippen molar-refractivity contribution in [3.63, 3.8) is 0 Å². The van der Waals surface area contributed by atoms with Crippen LogP contribution in [-0.4, -0.2) is 41.6 Å². The highest BCUT2D eigenvalue weighted by atomic mass is 16.5. The minimum atomic E-state index is -0.609. The Morgan fingerprint density at radius 2 is 2.09 bits per heavy atom. The summed E-state index contributed by atoms with van der Waals surface area (Å²) in [5.74, 6) is -0.0765. The van der Waals surface area contributed by atoms with Crippen molar-refractivity contribution < 1.29 is 14.3 Å². The minimum Gasteiger partial charge on any atom is -0.494 e. The molecule has 0 spiro atoms. The smallest absolute Gasteiger partial charge is 0.255 e. The van der Waals surface area contributed by atoms with Crippen LogP contribution in [0.1, 0.15) is 24.2 Å². The van der Waals surface area contributed by atoms with E-state index in [4.69, 9.17) is 4.74 Å². The fourth-order valence-electron chi connectivity index (χ4n) is 2.25. The largest absolute Gasteiger partial charge is 0.494 e. The second-order valence-electron chi connectivity index (χ2n) is 5.24. The lowest BCUT2D eigenvalue weighted by Crippen LogP contribution is -2.48. The van der Waals surface area contributed by atoms with Gasteiger partial charge in [0.2, 0.25) is 5.91 Å². The van der Waals surface area contributed by atoms with Gasteiger partial charge in [0, 0.05) is 13.2 Å². The highest BCUT2D eigenvalue weighted by molar-refractivity contribution is 6.03. The summed E-state index contributed by atoms with van der Waals surface area (Å²) < 4.78 is 6.85. The van der Waals surface area contributed by atoms with Gasteiger partial charge in [-0.05, 0) is 18.1 Å². The summed E-state index contributed by atoms with van der Waals surface area (Å²) in [6.07, 6.45) is 3.20. The lowest BCUT2D eigenvalue weighted by molar-refractivity contribution is -0.123. The average Bonchev–Trinajstić information content (AvgIpc) is 2.95. The first kappa shape index (κ1) is 15.8. The normalized spacial score (nSPS) is 12.2. The molecule has 0 bridgehead atoms. The SMILES string of the molecule is CNC(=O)[C@@H](NC(=O)c1cnn2cccc(OC)c12)C(C)C. The molecule has 2 heterocycles. The van der Waals surface area contributed by atoms with E-state index in [-0.39, 0.29) is 17.7 Å². The van der Waals surface area contributed by atoms with Crippen molar-refractivity contribution in [2.24, 2.45) is 5.92 Å². The fraction of sp³-hybridized carbons (Fsp3) is 0.400. The van der Waals surface area contributed by atoms with E-state index in [2.05, 4.69) is 15.7 Å². The van der Waals surface area contributed by atoms with Crippen LogP contribution in [0.5, 0.6) is 5.75 Å². The van der Waals surface area contributed by atoms with Crippen LogP contribution in [0.2, 0.25) is 0 Å². The Kier molecular flexibility index (Phi) is 4.65. The maximum atomic E-state index is 12.5. The van der Waals surface area contributed by atoms with Gasteiger partial charge in [0.05, 0.1) is 18.9 Å². The van der Waals surface area contributed by atoms with Crippen LogP contribution in [0, 0.1) is 5.92 Å². The molecule has 0 aliphatic carbocycles. The zero-order valence-electron chi connectivity index (χ0n) is 13.1. The number of amides is 2. The highest BCUT2D eigenvalue weighted by Gasteiger charge is 2.25. The molecule has 118 valence electrons. The number of carbonyl (C=O) groups excluding carboxylic acids is 2. The molecule has 0 radical (unpaired) electrons. The van der Waals surface area contributed by atoms with E-state index in [1.165, 1.54) is 13.3 Å². The summed E-state index contributed by atoms with van der Waals surface area (Å²) in [5, 5.41) is 9.45. The Bertz CT molecular complexity index is 693. The molecule has 2 N–H and O–H groups in total. The first-order valence-electron chi connectivity index (χ1n) is 7.02. The molecule has 22 heavy (non-hydrogen) atoms. The molecule has 0 saturated carbocycles. The number of rotatable bonds is 5. The quantitative estimate of drug-likeness (QED) is 0.857. The van der Waals surface area contributed by atoms with Crippen LogP contribution in [0.3, 0.4) is 0 Å². The average molecular weight is 304 g/mol. The van der Waals surface area contributed by atoms with Gasteiger partial charge in [-0.3, -0.25) is 9.59 Å². The van der Waals surface area contributed by atoms with E-state index in [0.29, 0.717) is 16.8 Å². The number of fused-ring (bicyclic) bond motifs is 1. The monoisotopic (exact) mass is 304 g/mol. The number of aromatic nitrogens is 2. The van der Waals surface area contributed by atoms with Crippen LogP contribution >= 0.6 is 0 Å². The Morgan fingerprint density at radius 1 is 1.36 bits per heavy atom. The van der Waals surface area contributed by atoms with Crippen LogP contribution in [0.25, 0.3) is 5.52 Å². The summed E-state index contributed by atoms with van der Waals surface area (Å²) in [5.41, 5.74) is 0.939. The molecule has 0 aromatic carbocycles. The second kappa shape index (κ2) is 6.46. The van der Waals surface area contributed by atoms with Crippen molar-refractivity contribution in [2.75, 3.05) is 14.2 Å². The van der Waals surface area contributed by atoms with E-state index >= 15 is 0 Å². The van der Waals surface area contributed by atoms with Crippen LogP contribution < -0.4 is 15.4 Å². The van der Waals surface area contributed by atoms with Crippen molar-refractivity contribution >= 4 is 17.3 Å². The molecule has 0 unspecified atom stereocenters. The molecular formula is C15H20N4O3. The van der Waals surface area contributed by atoms with Crippen molar-refractivity contribution in [2.45, 2.75) is 19.9 Å². The number of hydrogen-bond donors (Lipinski definition) is 2. The third-order valence-electron chi connectivity index (χ3n) is 3.45. The number of pyridine rings is 1. The minimum absolute atomic E-state index is 0.0346. The zero-order valence-corrected chi connectivity index (χ0v) is 13.1. The van der Waals surface area contributed by atoms with E-state index in [9.17, 15) is 9.59 Å². The first-order chi connectivity index (χ1) is 10.5. The molecular weight excluding hydrogens is 284 g/mol. The molecule has 0 aliphatic rings. The molecule has 0 fully saturated rings. The molecule has 2 aromatic rings.